The van der Waals surface area contributed by atoms with E-state index in [1.807, 2.05) is 18.2 Å². The van der Waals surface area contributed by atoms with Crippen LogP contribution in [0.4, 0.5) is 0 Å². The maximum absolute atomic E-state index is 4.65. The first-order valence-corrected chi connectivity index (χ1v) is 8.32. The lowest BCUT2D eigenvalue weighted by molar-refractivity contribution is 0.402. The summed E-state index contributed by atoms with van der Waals surface area (Å²) in [5.74, 6) is 0.806. The third-order valence-electron chi connectivity index (χ3n) is 3.45. The van der Waals surface area contributed by atoms with Crippen LogP contribution in [-0.4, -0.2) is 36.5 Å². The number of hydrogen-bond donors (Lipinski definition) is 2. The van der Waals surface area contributed by atoms with Crippen LogP contribution in [0.3, 0.4) is 0 Å². The lowest BCUT2D eigenvalue weighted by Crippen LogP contribution is -2.36. The van der Waals surface area contributed by atoms with Crippen molar-refractivity contribution in [2.75, 3.05) is 20.6 Å². The number of nitrogens with one attached hydrogen (secondary N) is 2. The molecule has 0 fully saturated rings. The van der Waals surface area contributed by atoms with Gasteiger partial charge in [0.1, 0.15) is 0 Å². The number of hydrogen-bond acceptors (Lipinski definition) is 3. The van der Waals surface area contributed by atoms with Crippen molar-refractivity contribution in [1.29, 1.82) is 0 Å². The SMILES string of the molecule is CCNC(=NCc1ccc(CN(C)C)cc1)NCc1ccccn1.I. The van der Waals surface area contributed by atoms with Gasteiger partial charge >= 0.3 is 0 Å². The van der Waals surface area contributed by atoms with Crippen LogP contribution >= 0.6 is 24.0 Å². The quantitative estimate of drug-likeness (QED) is 0.385. The molecular formula is C19H28IN5. The number of benzene rings is 1. The second kappa shape index (κ2) is 11.8. The number of aliphatic imine (C=N–C) groups is 1. The van der Waals surface area contributed by atoms with E-state index in [0.717, 1.165) is 24.7 Å². The summed E-state index contributed by atoms with van der Waals surface area (Å²) in [4.78, 5) is 11.1. The van der Waals surface area contributed by atoms with Gasteiger partial charge in [-0.3, -0.25) is 4.98 Å². The molecular weight excluding hydrogens is 425 g/mol. The summed E-state index contributed by atoms with van der Waals surface area (Å²) in [6, 6.07) is 14.5. The van der Waals surface area contributed by atoms with E-state index >= 15 is 0 Å². The van der Waals surface area contributed by atoms with Gasteiger partial charge in [-0.05, 0) is 44.3 Å². The molecule has 0 aliphatic rings. The van der Waals surface area contributed by atoms with Gasteiger partial charge in [0.05, 0.1) is 18.8 Å². The molecule has 0 bridgehead atoms. The van der Waals surface area contributed by atoms with Gasteiger partial charge in [-0.25, -0.2) is 4.99 Å². The van der Waals surface area contributed by atoms with Crippen LogP contribution in [0.15, 0.2) is 53.7 Å². The molecule has 0 amide bonds. The van der Waals surface area contributed by atoms with Crippen molar-refractivity contribution in [3.63, 3.8) is 0 Å². The lowest BCUT2D eigenvalue weighted by Gasteiger charge is -2.11. The second-order valence-electron chi connectivity index (χ2n) is 5.92. The Bertz CT molecular complexity index is 626. The first-order valence-electron chi connectivity index (χ1n) is 8.32. The Morgan fingerprint density at radius 3 is 2.36 bits per heavy atom. The molecule has 0 unspecified atom stereocenters. The van der Waals surface area contributed by atoms with Gasteiger partial charge in [0, 0.05) is 19.3 Å². The van der Waals surface area contributed by atoms with E-state index < -0.39 is 0 Å². The van der Waals surface area contributed by atoms with Crippen molar-refractivity contribution in [3.8, 4) is 0 Å². The second-order valence-corrected chi connectivity index (χ2v) is 5.92. The van der Waals surface area contributed by atoms with Gasteiger partial charge in [-0.1, -0.05) is 30.3 Å². The van der Waals surface area contributed by atoms with Gasteiger partial charge in [0.2, 0.25) is 0 Å². The van der Waals surface area contributed by atoms with E-state index in [2.05, 4.69) is 70.8 Å². The summed E-state index contributed by atoms with van der Waals surface area (Å²) in [6.07, 6.45) is 1.80. The van der Waals surface area contributed by atoms with Crippen LogP contribution in [0.25, 0.3) is 0 Å². The van der Waals surface area contributed by atoms with E-state index in [9.17, 15) is 0 Å². The molecule has 5 nitrogen and oxygen atoms in total. The molecule has 0 radical (unpaired) electrons. The van der Waals surface area contributed by atoms with Gasteiger partial charge in [-0.2, -0.15) is 0 Å². The Morgan fingerprint density at radius 2 is 1.76 bits per heavy atom. The molecule has 1 aromatic carbocycles. The summed E-state index contributed by atoms with van der Waals surface area (Å²) in [6.45, 7) is 5.16. The Balaban J connectivity index is 0.00000312. The molecule has 0 aliphatic carbocycles. The maximum Gasteiger partial charge on any atom is 0.191 e. The normalized spacial score (nSPS) is 11.1. The Labute approximate surface area is 168 Å². The topological polar surface area (TPSA) is 52.6 Å². The minimum atomic E-state index is 0. The van der Waals surface area contributed by atoms with Crippen molar-refractivity contribution in [2.45, 2.75) is 26.6 Å². The van der Waals surface area contributed by atoms with Gasteiger partial charge in [0.15, 0.2) is 5.96 Å². The predicted octanol–water partition coefficient (Wildman–Crippen LogP) is 3.02. The van der Waals surface area contributed by atoms with Gasteiger partial charge in [0.25, 0.3) is 0 Å². The molecule has 1 heterocycles. The molecule has 0 saturated heterocycles. The van der Waals surface area contributed by atoms with Crippen molar-refractivity contribution in [2.24, 2.45) is 4.99 Å². The van der Waals surface area contributed by atoms with Crippen LogP contribution < -0.4 is 10.6 Å². The maximum atomic E-state index is 4.65. The molecule has 1 aromatic heterocycles. The molecule has 6 heteroatoms. The summed E-state index contributed by atoms with van der Waals surface area (Å²) < 4.78 is 0. The Hall–Kier alpha value is -1.67. The number of rotatable bonds is 7. The highest BCUT2D eigenvalue weighted by Gasteiger charge is 2.00. The fraction of sp³-hybridized carbons (Fsp3) is 0.368. The zero-order valence-electron chi connectivity index (χ0n) is 15.2. The van der Waals surface area contributed by atoms with E-state index in [0.29, 0.717) is 13.1 Å². The first kappa shape index (κ1) is 21.4. The van der Waals surface area contributed by atoms with Crippen LogP contribution in [0, 0.1) is 0 Å². The molecule has 0 spiro atoms. The molecule has 25 heavy (non-hydrogen) atoms. The summed E-state index contributed by atoms with van der Waals surface area (Å²) in [5.41, 5.74) is 3.51. The Morgan fingerprint density at radius 1 is 1.04 bits per heavy atom. The number of nitrogens with zero attached hydrogens (tertiary/aromatic N) is 3. The van der Waals surface area contributed by atoms with Crippen LogP contribution in [-0.2, 0) is 19.6 Å². The highest BCUT2D eigenvalue weighted by Crippen LogP contribution is 2.07. The molecule has 0 atom stereocenters. The first-order chi connectivity index (χ1) is 11.7. The highest BCUT2D eigenvalue weighted by atomic mass is 127. The number of guanidine groups is 1. The van der Waals surface area contributed by atoms with Crippen molar-refractivity contribution >= 4 is 29.9 Å². The standard InChI is InChI=1S/C19H27N5.HI/c1-4-20-19(23-14-18-7-5-6-12-21-18)22-13-16-8-10-17(11-9-16)15-24(2)3;/h5-12H,4,13-15H2,1-3H3,(H2,20,22,23);1H. The number of aromatic nitrogens is 1. The average molecular weight is 453 g/mol. The third-order valence-corrected chi connectivity index (χ3v) is 3.45. The van der Waals surface area contributed by atoms with E-state index in [1.165, 1.54) is 11.1 Å². The summed E-state index contributed by atoms with van der Waals surface area (Å²) >= 11 is 0. The fourth-order valence-electron chi connectivity index (χ4n) is 2.30. The van der Waals surface area contributed by atoms with Crippen LogP contribution in [0.5, 0.6) is 0 Å². The lowest BCUT2D eigenvalue weighted by atomic mass is 10.1. The number of halogens is 1. The van der Waals surface area contributed by atoms with Crippen LogP contribution in [0.2, 0.25) is 0 Å². The summed E-state index contributed by atoms with van der Waals surface area (Å²) in [5, 5.41) is 6.58. The van der Waals surface area contributed by atoms with E-state index in [1.54, 1.807) is 6.20 Å². The van der Waals surface area contributed by atoms with Crippen molar-refractivity contribution in [3.05, 3.63) is 65.5 Å². The summed E-state index contributed by atoms with van der Waals surface area (Å²) in [7, 11) is 4.16. The zero-order valence-corrected chi connectivity index (χ0v) is 17.5. The van der Waals surface area contributed by atoms with Gasteiger partial charge in [-0.15, -0.1) is 24.0 Å². The predicted molar refractivity (Wildman–Crippen MR) is 115 cm³/mol. The van der Waals surface area contributed by atoms with Crippen molar-refractivity contribution < 1.29 is 0 Å². The molecule has 2 aromatic rings. The van der Waals surface area contributed by atoms with Gasteiger partial charge < -0.3 is 15.5 Å². The Kier molecular flexibility index (Phi) is 10.1. The zero-order chi connectivity index (χ0) is 17.2. The smallest absolute Gasteiger partial charge is 0.191 e. The molecule has 2 N–H and O–H groups in total. The fourth-order valence-corrected chi connectivity index (χ4v) is 2.30. The number of pyridine rings is 1. The monoisotopic (exact) mass is 453 g/mol. The molecule has 0 saturated carbocycles. The molecule has 0 aliphatic heterocycles. The van der Waals surface area contributed by atoms with E-state index in [-0.39, 0.29) is 24.0 Å². The van der Waals surface area contributed by atoms with Crippen molar-refractivity contribution in [1.82, 2.24) is 20.5 Å². The average Bonchev–Trinajstić information content (AvgIpc) is 2.59. The van der Waals surface area contributed by atoms with E-state index in [4.69, 9.17) is 0 Å². The molecule has 2 rings (SSSR count). The largest absolute Gasteiger partial charge is 0.357 e. The minimum absolute atomic E-state index is 0. The third kappa shape index (κ3) is 8.31. The highest BCUT2D eigenvalue weighted by molar-refractivity contribution is 14.0. The molecule has 136 valence electrons. The minimum Gasteiger partial charge on any atom is -0.357 e. The van der Waals surface area contributed by atoms with Crippen LogP contribution in [0.1, 0.15) is 23.7 Å².